The van der Waals surface area contributed by atoms with Crippen LogP contribution in [0.15, 0.2) is 78.9 Å². The highest BCUT2D eigenvalue weighted by atomic mass is 19.1. The molecule has 0 unspecified atom stereocenters. The second kappa shape index (κ2) is 6.64. The zero-order valence-corrected chi connectivity index (χ0v) is 14.1. The molecule has 0 atom stereocenters. The number of hydrogen-bond donors (Lipinski definition) is 1. The van der Waals surface area contributed by atoms with Gasteiger partial charge in [-0.3, -0.25) is 4.79 Å². The molecule has 0 aromatic heterocycles. The average Bonchev–Trinajstić information content (AvgIpc) is 3.47. The van der Waals surface area contributed by atoms with Crippen LogP contribution in [0.5, 0.6) is 11.5 Å². The van der Waals surface area contributed by atoms with E-state index in [9.17, 15) is 9.18 Å². The fourth-order valence-corrected chi connectivity index (χ4v) is 3.06. The first-order chi connectivity index (χ1) is 12.7. The molecule has 0 radical (unpaired) electrons. The predicted octanol–water partition coefficient (Wildman–Crippen LogP) is 5.29. The molecule has 4 heteroatoms. The molecule has 0 bridgehead atoms. The summed E-state index contributed by atoms with van der Waals surface area (Å²) in [4.78, 5) is 12.9. The highest BCUT2D eigenvalue weighted by molar-refractivity contribution is 6.02. The summed E-state index contributed by atoms with van der Waals surface area (Å²) in [5.74, 6) is 0.899. The minimum atomic E-state index is -0.576. The molecule has 0 spiro atoms. The molecule has 1 aliphatic carbocycles. The van der Waals surface area contributed by atoms with Crippen molar-refractivity contribution in [2.75, 3.05) is 5.32 Å². The van der Waals surface area contributed by atoms with Crippen molar-refractivity contribution in [3.05, 3.63) is 90.2 Å². The van der Waals surface area contributed by atoms with E-state index >= 15 is 0 Å². The molecule has 4 rings (SSSR count). The zero-order valence-electron chi connectivity index (χ0n) is 14.1. The van der Waals surface area contributed by atoms with Crippen molar-refractivity contribution in [3.8, 4) is 11.5 Å². The lowest BCUT2D eigenvalue weighted by Gasteiger charge is -2.18. The van der Waals surface area contributed by atoms with Gasteiger partial charge in [0.05, 0.1) is 11.1 Å². The maximum atomic E-state index is 13.2. The predicted molar refractivity (Wildman–Crippen MR) is 98.9 cm³/mol. The summed E-state index contributed by atoms with van der Waals surface area (Å²) in [6.45, 7) is 0. The first kappa shape index (κ1) is 16.3. The second-order valence-corrected chi connectivity index (χ2v) is 6.45. The van der Waals surface area contributed by atoms with E-state index < -0.39 is 5.41 Å². The van der Waals surface area contributed by atoms with E-state index in [4.69, 9.17) is 4.74 Å². The minimum Gasteiger partial charge on any atom is -0.455 e. The van der Waals surface area contributed by atoms with Crippen molar-refractivity contribution in [1.82, 2.24) is 0 Å². The zero-order chi connectivity index (χ0) is 18.0. The van der Waals surface area contributed by atoms with Crippen LogP contribution in [0.25, 0.3) is 0 Å². The largest absolute Gasteiger partial charge is 0.455 e. The molecule has 3 aromatic rings. The van der Waals surface area contributed by atoms with Crippen LogP contribution >= 0.6 is 0 Å². The Kier molecular flexibility index (Phi) is 4.17. The van der Waals surface area contributed by atoms with Gasteiger partial charge in [-0.15, -0.1) is 0 Å². The number of nitrogens with one attached hydrogen (secondary N) is 1. The van der Waals surface area contributed by atoms with Gasteiger partial charge < -0.3 is 10.1 Å². The van der Waals surface area contributed by atoms with Gasteiger partial charge in [-0.05, 0) is 54.8 Å². The molecular weight excluding hydrogens is 329 g/mol. The van der Waals surface area contributed by atoms with Crippen molar-refractivity contribution < 1.29 is 13.9 Å². The molecule has 1 amide bonds. The van der Waals surface area contributed by atoms with E-state index in [0.717, 1.165) is 18.4 Å². The van der Waals surface area contributed by atoms with Crippen LogP contribution in [-0.2, 0) is 10.2 Å². The van der Waals surface area contributed by atoms with Crippen LogP contribution in [0.4, 0.5) is 10.1 Å². The van der Waals surface area contributed by atoms with Crippen LogP contribution in [-0.4, -0.2) is 5.91 Å². The molecule has 0 saturated heterocycles. The number of benzene rings is 3. The Morgan fingerprint density at radius 2 is 1.54 bits per heavy atom. The second-order valence-electron chi connectivity index (χ2n) is 6.45. The molecule has 1 fully saturated rings. The van der Waals surface area contributed by atoms with Gasteiger partial charge in [0.25, 0.3) is 0 Å². The fourth-order valence-electron chi connectivity index (χ4n) is 3.06. The van der Waals surface area contributed by atoms with Crippen LogP contribution in [0.3, 0.4) is 0 Å². The number of amides is 1. The van der Waals surface area contributed by atoms with Gasteiger partial charge in [0.15, 0.2) is 5.75 Å². The summed E-state index contributed by atoms with van der Waals surface area (Å²) in [5.41, 5.74) is 0.890. The van der Waals surface area contributed by atoms with Crippen LogP contribution in [0.1, 0.15) is 18.4 Å². The summed E-state index contributed by atoms with van der Waals surface area (Å²) < 4.78 is 19.1. The molecular formula is C22H18FNO2. The number of rotatable bonds is 5. The monoisotopic (exact) mass is 347 g/mol. The first-order valence-electron chi connectivity index (χ1n) is 8.57. The van der Waals surface area contributed by atoms with Gasteiger partial charge in [-0.25, -0.2) is 4.39 Å². The van der Waals surface area contributed by atoms with E-state index in [1.54, 1.807) is 12.1 Å². The van der Waals surface area contributed by atoms with E-state index in [-0.39, 0.29) is 11.7 Å². The van der Waals surface area contributed by atoms with E-state index in [1.165, 1.54) is 12.1 Å². The SMILES string of the molecule is O=C(Nc1ccccc1Oc1ccccc1)C1(c2ccc(F)cc2)CC1. The van der Waals surface area contributed by atoms with Gasteiger partial charge in [-0.1, -0.05) is 42.5 Å². The third-order valence-electron chi connectivity index (χ3n) is 4.69. The Labute approximate surface area is 151 Å². The number of carbonyl (C=O) groups excluding carboxylic acids is 1. The van der Waals surface area contributed by atoms with E-state index in [2.05, 4.69) is 5.32 Å². The maximum Gasteiger partial charge on any atom is 0.235 e. The molecule has 3 nitrogen and oxygen atoms in total. The fraction of sp³-hybridized carbons (Fsp3) is 0.136. The topological polar surface area (TPSA) is 38.3 Å². The van der Waals surface area contributed by atoms with E-state index in [1.807, 2.05) is 54.6 Å². The van der Waals surface area contributed by atoms with Crippen molar-refractivity contribution in [2.24, 2.45) is 0 Å². The Morgan fingerprint density at radius 3 is 2.23 bits per heavy atom. The van der Waals surface area contributed by atoms with Crippen molar-refractivity contribution in [3.63, 3.8) is 0 Å². The Morgan fingerprint density at radius 1 is 0.885 bits per heavy atom. The quantitative estimate of drug-likeness (QED) is 0.681. The maximum absolute atomic E-state index is 13.2. The van der Waals surface area contributed by atoms with E-state index in [0.29, 0.717) is 17.2 Å². The van der Waals surface area contributed by atoms with Crippen molar-refractivity contribution in [2.45, 2.75) is 18.3 Å². The number of ether oxygens (including phenoxy) is 1. The third-order valence-corrected chi connectivity index (χ3v) is 4.69. The third kappa shape index (κ3) is 3.18. The Balaban J connectivity index is 1.56. The number of anilines is 1. The number of hydrogen-bond acceptors (Lipinski definition) is 2. The normalized spacial score (nSPS) is 14.5. The van der Waals surface area contributed by atoms with Gasteiger partial charge in [0.2, 0.25) is 5.91 Å². The lowest BCUT2D eigenvalue weighted by molar-refractivity contribution is -0.118. The summed E-state index contributed by atoms with van der Waals surface area (Å²) in [5, 5.41) is 2.99. The number of halogens is 1. The van der Waals surface area contributed by atoms with Crippen LogP contribution < -0.4 is 10.1 Å². The first-order valence-corrected chi connectivity index (χ1v) is 8.57. The summed E-state index contributed by atoms with van der Waals surface area (Å²) in [6, 6.07) is 22.9. The van der Waals surface area contributed by atoms with Crippen LogP contribution in [0, 0.1) is 5.82 Å². The molecule has 1 aliphatic rings. The molecule has 3 aromatic carbocycles. The molecule has 26 heavy (non-hydrogen) atoms. The van der Waals surface area contributed by atoms with Gasteiger partial charge in [0, 0.05) is 0 Å². The Bertz CT molecular complexity index is 918. The smallest absolute Gasteiger partial charge is 0.235 e. The highest BCUT2D eigenvalue weighted by Gasteiger charge is 2.51. The van der Waals surface area contributed by atoms with Crippen molar-refractivity contribution >= 4 is 11.6 Å². The molecule has 1 N–H and O–H groups in total. The lowest BCUT2D eigenvalue weighted by atomic mass is 9.95. The average molecular weight is 347 g/mol. The molecule has 130 valence electrons. The highest BCUT2D eigenvalue weighted by Crippen LogP contribution is 2.49. The summed E-state index contributed by atoms with van der Waals surface area (Å²) >= 11 is 0. The molecule has 0 heterocycles. The number of para-hydroxylation sites is 3. The van der Waals surface area contributed by atoms with Crippen molar-refractivity contribution in [1.29, 1.82) is 0 Å². The number of carbonyl (C=O) groups is 1. The minimum absolute atomic E-state index is 0.0896. The Hall–Kier alpha value is -3.14. The van der Waals surface area contributed by atoms with Gasteiger partial charge in [0.1, 0.15) is 11.6 Å². The standard InChI is InChI=1S/C22H18FNO2/c23-17-12-10-16(11-13-17)22(14-15-22)21(25)24-19-8-4-5-9-20(19)26-18-6-2-1-3-7-18/h1-13H,14-15H2,(H,24,25). The van der Waals surface area contributed by atoms with Crippen LogP contribution in [0.2, 0.25) is 0 Å². The molecule has 0 aliphatic heterocycles. The summed E-state index contributed by atoms with van der Waals surface area (Å²) in [7, 11) is 0. The van der Waals surface area contributed by atoms with Gasteiger partial charge >= 0.3 is 0 Å². The van der Waals surface area contributed by atoms with Gasteiger partial charge in [-0.2, -0.15) is 0 Å². The summed E-state index contributed by atoms with van der Waals surface area (Å²) in [6.07, 6.45) is 1.51. The molecule has 1 saturated carbocycles. The lowest BCUT2D eigenvalue weighted by Crippen LogP contribution is -2.28.